The molecule has 3 rings (SSSR count). The minimum atomic E-state index is -0.889. The Bertz CT molecular complexity index is 846. The number of ether oxygens (including phenoxy) is 1. The molecule has 0 fully saturated rings. The number of esters is 1. The summed E-state index contributed by atoms with van der Waals surface area (Å²) in [5.41, 5.74) is 1.24. The van der Waals surface area contributed by atoms with Gasteiger partial charge in [-0.2, -0.15) is 11.8 Å². The summed E-state index contributed by atoms with van der Waals surface area (Å²) in [5.74, 6) is -0.472. The zero-order valence-corrected chi connectivity index (χ0v) is 18.2. The number of carbonyl (C=O) groups excluding carboxylic acids is 3. The molecule has 1 heterocycles. The predicted octanol–water partition coefficient (Wildman–Crippen LogP) is 2.43. The molecule has 0 saturated carbocycles. The van der Waals surface area contributed by atoms with Crippen molar-refractivity contribution in [1.29, 1.82) is 0 Å². The fraction of sp³-hybridized carbons (Fsp3) is 0.409. The summed E-state index contributed by atoms with van der Waals surface area (Å²) in [6.45, 7) is 0.261. The molecular weight excluding hydrogens is 424 g/mol. The van der Waals surface area contributed by atoms with Crippen molar-refractivity contribution in [3.05, 3.63) is 59.8 Å². The number of fused-ring (bicyclic) bond motifs is 1. The van der Waals surface area contributed by atoms with Crippen LogP contribution < -0.4 is 10.6 Å². The number of carbonyl (C=O) groups is 3. The van der Waals surface area contributed by atoms with E-state index in [4.69, 9.17) is 16.3 Å². The molecule has 3 aliphatic rings. The molecule has 0 radical (unpaired) electrons. The van der Waals surface area contributed by atoms with Gasteiger partial charge in [0.05, 0.1) is 11.4 Å². The Morgan fingerprint density at radius 2 is 2.13 bits per heavy atom. The van der Waals surface area contributed by atoms with Crippen molar-refractivity contribution in [2.24, 2.45) is 5.92 Å². The van der Waals surface area contributed by atoms with Gasteiger partial charge in [0.25, 0.3) is 5.91 Å². The van der Waals surface area contributed by atoms with Crippen LogP contribution in [0.3, 0.4) is 0 Å². The van der Waals surface area contributed by atoms with Crippen LogP contribution in [0.1, 0.15) is 12.8 Å². The molecule has 0 aromatic carbocycles. The van der Waals surface area contributed by atoms with Crippen molar-refractivity contribution >= 4 is 41.1 Å². The lowest BCUT2D eigenvalue weighted by Gasteiger charge is -2.32. The van der Waals surface area contributed by atoms with Crippen LogP contribution >= 0.6 is 23.4 Å². The molecule has 2 amide bonds. The van der Waals surface area contributed by atoms with Crippen molar-refractivity contribution in [3.8, 4) is 0 Å². The molecule has 2 N–H and O–H groups in total. The largest absolute Gasteiger partial charge is 0.463 e. The fourth-order valence-electron chi connectivity index (χ4n) is 3.52. The smallest absolute Gasteiger partial charge is 0.329 e. The van der Waals surface area contributed by atoms with Crippen molar-refractivity contribution < 1.29 is 19.1 Å². The number of halogens is 1. The molecule has 6 nitrogen and oxygen atoms in total. The highest BCUT2D eigenvalue weighted by Gasteiger charge is 2.33. The third kappa shape index (κ3) is 5.89. The molecule has 0 aromatic heterocycles. The van der Waals surface area contributed by atoms with Crippen LogP contribution in [0.25, 0.3) is 0 Å². The molecule has 4 atom stereocenters. The zero-order valence-electron chi connectivity index (χ0n) is 16.7. The van der Waals surface area contributed by atoms with Gasteiger partial charge >= 0.3 is 5.97 Å². The molecule has 2 aliphatic carbocycles. The average Bonchev–Trinajstić information content (AvgIpc) is 2.73. The van der Waals surface area contributed by atoms with Gasteiger partial charge in [0.2, 0.25) is 5.91 Å². The van der Waals surface area contributed by atoms with Crippen molar-refractivity contribution in [1.82, 2.24) is 10.6 Å². The van der Waals surface area contributed by atoms with Gasteiger partial charge < -0.3 is 15.4 Å². The third-order valence-electron chi connectivity index (χ3n) is 5.06. The number of thioether (sulfide) groups is 1. The highest BCUT2D eigenvalue weighted by molar-refractivity contribution is 7.98. The Balaban J connectivity index is 1.75. The monoisotopic (exact) mass is 448 g/mol. The maximum absolute atomic E-state index is 12.7. The SMILES string of the molecule is CSCCOC(=O)C(CC1=CC(=O)NC2C=CC=CC12)NC(=O)C1=CCC(Cl)C=C1. The molecule has 0 spiro atoms. The Morgan fingerprint density at radius 1 is 1.33 bits per heavy atom. The molecule has 1 aliphatic heterocycles. The summed E-state index contributed by atoms with van der Waals surface area (Å²) in [5, 5.41) is 5.55. The molecule has 30 heavy (non-hydrogen) atoms. The second-order valence-corrected chi connectivity index (χ2v) is 8.76. The summed E-state index contributed by atoms with van der Waals surface area (Å²) >= 11 is 7.59. The minimum Gasteiger partial charge on any atom is -0.463 e. The normalized spacial score (nSPS) is 25.5. The lowest BCUT2D eigenvalue weighted by Crippen LogP contribution is -2.47. The maximum atomic E-state index is 12.7. The molecule has 0 bridgehead atoms. The van der Waals surface area contributed by atoms with Crippen LogP contribution in [0.5, 0.6) is 0 Å². The summed E-state index contributed by atoms with van der Waals surface area (Å²) < 4.78 is 5.36. The number of hydrogen-bond acceptors (Lipinski definition) is 5. The van der Waals surface area contributed by atoms with E-state index >= 15 is 0 Å². The van der Waals surface area contributed by atoms with Gasteiger partial charge in [0.1, 0.15) is 12.6 Å². The fourth-order valence-corrected chi connectivity index (χ4v) is 3.94. The van der Waals surface area contributed by atoms with E-state index in [0.717, 1.165) is 5.57 Å². The number of rotatable bonds is 8. The number of amides is 2. The van der Waals surface area contributed by atoms with Gasteiger partial charge in [-0.25, -0.2) is 4.79 Å². The van der Waals surface area contributed by atoms with E-state index in [9.17, 15) is 14.4 Å². The number of nitrogens with one attached hydrogen (secondary N) is 2. The maximum Gasteiger partial charge on any atom is 0.329 e. The summed E-state index contributed by atoms with van der Waals surface area (Å²) in [7, 11) is 0. The minimum absolute atomic E-state index is 0.0584. The Morgan fingerprint density at radius 3 is 2.87 bits per heavy atom. The highest BCUT2D eigenvalue weighted by Crippen LogP contribution is 2.28. The number of hydrogen-bond donors (Lipinski definition) is 2. The second-order valence-electron chi connectivity index (χ2n) is 7.21. The van der Waals surface area contributed by atoms with Gasteiger partial charge in [-0.1, -0.05) is 48.1 Å². The van der Waals surface area contributed by atoms with E-state index in [1.54, 1.807) is 30.0 Å². The Kier molecular flexibility index (Phi) is 7.99. The first kappa shape index (κ1) is 22.4. The standard InChI is InChI=1S/C22H25ClN2O4S/c1-30-11-10-29-22(28)19(25-21(27)14-6-8-16(23)9-7-14)12-15-13-20(26)24-18-5-3-2-4-17(15)18/h2-8,13,16-19H,9-12H2,1H3,(H,24,26)(H,25,27). The first-order valence-corrected chi connectivity index (χ1v) is 11.7. The predicted molar refractivity (Wildman–Crippen MR) is 119 cm³/mol. The molecule has 0 aromatic rings. The average molecular weight is 449 g/mol. The summed E-state index contributed by atoms with van der Waals surface area (Å²) in [4.78, 5) is 37.6. The van der Waals surface area contributed by atoms with Crippen LogP contribution in [0.4, 0.5) is 0 Å². The summed E-state index contributed by atoms with van der Waals surface area (Å²) in [6, 6.07) is -1.05. The van der Waals surface area contributed by atoms with E-state index < -0.39 is 12.0 Å². The van der Waals surface area contributed by atoms with Crippen molar-refractivity contribution in [3.63, 3.8) is 0 Å². The number of alkyl halides is 1. The first-order chi connectivity index (χ1) is 14.5. The number of allylic oxidation sites excluding steroid dienone is 4. The van der Waals surface area contributed by atoms with E-state index in [0.29, 0.717) is 17.7 Å². The van der Waals surface area contributed by atoms with Gasteiger partial charge in [0, 0.05) is 29.7 Å². The molecule has 4 unspecified atom stereocenters. The second kappa shape index (κ2) is 10.7. The van der Waals surface area contributed by atoms with Gasteiger partial charge in [-0.15, -0.1) is 11.6 Å². The molecule has 160 valence electrons. The van der Waals surface area contributed by atoms with Crippen LogP contribution in [-0.4, -0.2) is 53.9 Å². The molecule has 8 heteroatoms. The van der Waals surface area contributed by atoms with Gasteiger partial charge in [-0.05, 0) is 12.7 Å². The van der Waals surface area contributed by atoms with Crippen LogP contribution in [0.15, 0.2) is 59.8 Å². The first-order valence-electron chi connectivity index (χ1n) is 9.82. The van der Waals surface area contributed by atoms with Crippen molar-refractivity contribution in [2.75, 3.05) is 18.6 Å². The lowest BCUT2D eigenvalue weighted by molar-refractivity contribution is -0.147. The Labute approximate surface area is 185 Å². The van der Waals surface area contributed by atoms with Crippen LogP contribution in [-0.2, 0) is 19.1 Å². The van der Waals surface area contributed by atoms with Crippen LogP contribution in [0, 0.1) is 5.92 Å². The Hall–Kier alpha value is -2.25. The zero-order chi connectivity index (χ0) is 21.5. The van der Waals surface area contributed by atoms with Crippen LogP contribution in [0.2, 0.25) is 0 Å². The van der Waals surface area contributed by atoms with E-state index in [2.05, 4.69) is 10.6 Å². The van der Waals surface area contributed by atoms with E-state index in [1.165, 1.54) is 6.08 Å². The quantitative estimate of drug-likeness (QED) is 0.338. The molecular formula is C22H25ClN2O4S. The third-order valence-corrected chi connectivity index (χ3v) is 5.96. The topological polar surface area (TPSA) is 84.5 Å². The van der Waals surface area contributed by atoms with E-state index in [1.807, 2.05) is 30.6 Å². The highest BCUT2D eigenvalue weighted by atomic mass is 35.5. The molecule has 0 saturated heterocycles. The van der Waals surface area contributed by atoms with Crippen molar-refractivity contribution in [2.45, 2.75) is 30.3 Å². The summed E-state index contributed by atoms with van der Waals surface area (Å²) in [6.07, 6.45) is 17.0. The van der Waals surface area contributed by atoms with Gasteiger partial charge in [0.15, 0.2) is 0 Å². The van der Waals surface area contributed by atoms with Gasteiger partial charge in [-0.3, -0.25) is 9.59 Å². The van der Waals surface area contributed by atoms with E-state index in [-0.39, 0.29) is 42.2 Å². The lowest BCUT2D eigenvalue weighted by atomic mass is 9.82.